The number of rotatable bonds is 6. The quantitative estimate of drug-likeness (QED) is 0.390. The van der Waals surface area contributed by atoms with Crippen LogP contribution in [0.4, 0.5) is 17.6 Å². The third-order valence-corrected chi connectivity index (χ3v) is 7.12. The molecule has 3 aromatic rings. The van der Waals surface area contributed by atoms with Crippen LogP contribution >= 0.6 is 0 Å². The summed E-state index contributed by atoms with van der Waals surface area (Å²) in [7, 11) is 0. The van der Waals surface area contributed by atoms with Crippen LogP contribution in [0.3, 0.4) is 0 Å². The first kappa shape index (κ1) is 27.6. The van der Waals surface area contributed by atoms with E-state index in [-0.39, 0.29) is 23.3 Å². The number of likely N-dealkylation sites (tertiary alicyclic amines) is 1. The van der Waals surface area contributed by atoms with Crippen LogP contribution in [0.15, 0.2) is 54.6 Å². The van der Waals surface area contributed by atoms with Crippen LogP contribution in [0.5, 0.6) is 0 Å². The average molecular weight is 530 g/mol. The molecule has 1 N–H and O–H groups in total. The van der Waals surface area contributed by atoms with E-state index in [1.165, 1.54) is 30.3 Å². The van der Waals surface area contributed by atoms with E-state index in [2.05, 4.69) is 5.10 Å². The Morgan fingerprint density at radius 1 is 1.08 bits per heavy atom. The number of hydrogen-bond donors (Lipinski definition) is 1. The molecule has 9 heteroatoms. The number of aliphatic hydroxyl groups excluding tert-OH is 1. The van der Waals surface area contributed by atoms with Crippen molar-refractivity contribution >= 4 is 17.8 Å². The molecule has 1 fully saturated rings. The lowest BCUT2D eigenvalue weighted by Crippen LogP contribution is -2.40. The molecule has 2 heterocycles. The van der Waals surface area contributed by atoms with E-state index >= 15 is 4.39 Å². The molecule has 1 aliphatic rings. The number of benzene rings is 2. The highest BCUT2D eigenvalue weighted by Gasteiger charge is 2.48. The second-order valence-electron chi connectivity index (χ2n) is 10.3. The maximum atomic E-state index is 15.0. The number of carbonyl (C=O) groups is 1. The Labute approximate surface area is 219 Å². The fourth-order valence-electron chi connectivity index (χ4n) is 4.39. The van der Waals surface area contributed by atoms with Crippen LogP contribution in [0, 0.1) is 6.92 Å². The smallest absolute Gasteiger partial charge is 0.393 e. The molecule has 0 spiro atoms. The summed E-state index contributed by atoms with van der Waals surface area (Å²) in [5.41, 5.74) is 0.718. The molecule has 4 rings (SSSR count). The fourth-order valence-corrected chi connectivity index (χ4v) is 4.39. The molecule has 1 amide bonds. The largest absolute Gasteiger partial charge is 0.397 e. The molecule has 0 unspecified atom stereocenters. The number of carbonyl (C=O) groups excluding carboxylic acids is 1. The summed E-state index contributed by atoms with van der Waals surface area (Å²) in [5.74, 6) is -0.693. The minimum Gasteiger partial charge on any atom is -0.393 e. The molecule has 0 saturated carbocycles. The number of hydrogen-bond acceptors (Lipinski definition) is 3. The van der Waals surface area contributed by atoms with Gasteiger partial charge in [0.1, 0.15) is 5.69 Å². The molecular weight excluding hydrogens is 498 g/mol. The lowest BCUT2D eigenvalue weighted by molar-refractivity contribution is -0.180. The molecule has 1 aliphatic heterocycles. The molecule has 1 aromatic heterocycles. The van der Waals surface area contributed by atoms with E-state index in [4.69, 9.17) is 0 Å². The predicted octanol–water partition coefficient (Wildman–Crippen LogP) is 6.14. The summed E-state index contributed by atoms with van der Waals surface area (Å²) in [5, 5.41) is 14.1. The number of halogens is 4. The van der Waals surface area contributed by atoms with E-state index in [1.807, 2.05) is 6.07 Å². The first-order chi connectivity index (χ1) is 17.8. The van der Waals surface area contributed by atoms with Gasteiger partial charge in [-0.3, -0.25) is 9.48 Å². The third-order valence-electron chi connectivity index (χ3n) is 7.12. The summed E-state index contributed by atoms with van der Waals surface area (Å²) < 4.78 is 56.5. The Hall–Kier alpha value is -3.46. The molecule has 1 saturated heterocycles. The Bertz CT molecular complexity index is 1320. The number of nitrogens with zero attached hydrogens (tertiary/aromatic N) is 3. The van der Waals surface area contributed by atoms with Gasteiger partial charge in [0.05, 0.1) is 18.1 Å². The topological polar surface area (TPSA) is 58.4 Å². The Morgan fingerprint density at radius 3 is 2.37 bits per heavy atom. The summed E-state index contributed by atoms with van der Waals surface area (Å²) in [6.45, 7) is 5.38. The first-order valence-corrected chi connectivity index (χ1v) is 12.5. The monoisotopic (exact) mass is 529 g/mol. The van der Waals surface area contributed by atoms with Gasteiger partial charge in [-0.2, -0.15) is 18.3 Å². The highest BCUT2D eigenvalue weighted by Crippen LogP contribution is 2.40. The standard InChI is InChI=1S/C29H31F4N3O2/c1-19-15-26(25(30)17-20-7-9-23(10-8-20)28(2,3)29(31,32)33)34-36(19)18-21-5-4-6-22(16-21)27(38)35-13-11-24(37)12-14-35/h4-10,15-17,24,37H,11-14,18H2,1-3H3/b25-17-. The highest BCUT2D eigenvalue weighted by molar-refractivity contribution is 5.94. The molecular formula is C29H31F4N3O2. The number of aliphatic hydroxyl groups is 1. The minimum absolute atomic E-state index is 0.0877. The van der Waals surface area contributed by atoms with Crippen molar-refractivity contribution < 1.29 is 27.5 Å². The van der Waals surface area contributed by atoms with Gasteiger partial charge in [0.2, 0.25) is 0 Å². The van der Waals surface area contributed by atoms with Crippen molar-refractivity contribution in [2.75, 3.05) is 13.1 Å². The number of aromatic nitrogens is 2. The van der Waals surface area contributed by atoms with Crippen LogP contribution in [0.2, 0.25) is 0 Å². The normalized spacial score (nSPS) is 15.7. The molecule has 2 aromatic carbocycles. The predicted molar refractivity (Wildman–Crippen MR) is 138 cm³/mol. The molecule has 0 radical (unpaired) electrons. The van der Waals surface area contributed by atoms with Crippen molar-refractivity contribution in [2.24, 2.45) is 0 Å². The van der Waals surface area contributed by atoms with Crippen molar-refractivity contribution in [1.29, 1.82) is 0 Å². The number of amides is 1. The van der Waals surface area contributed by atoms with Gasteiger partial charge in [-0.1, -0.05) is 36.4 Å². The van der Waals surface area contributed by atoms with Gasteiger partial charge in [-0.05, 0) is 74.6 Å². The van der Waals surface area contributed by atoms with Gasteiger partial charge in [-0.15, -0.1) is 0 Å². The summed E-state index contributed by atoms with van der Waals surface area (Å²) in [4.78, 5) is 14.6. The lowest BCUT2D eigenvalue weighted by Gasteiger charge is -2.29. The van der Waals surface area contributed by atoms with E-state index in [1.54, 1.807) is 40.8 Å². The van der Waals surface area contributed by atoms with Gasteiger partial charge < -0.3 is 10.0 Å². The van der Waals surface area contributed by atoms with E-state index in [9.17, 15) is 23.1 Å². The molecule has 202 valence electrons. The van der Waals surface area contributed by atoms with E-state index in [0.717, 1.165) is 19.4 Å². The Balaban J connectivity index is 1.47. The van der Waals surface area contributed by atoms with Gasteiger partial charge in [0.15, 0.2) is 5.83 Å². The molecule has 0 aliphatic carbocycles. The van der Waals surface area contributed by atoms with Crippen molar-refractivity contribution in [2.45, 2.75) is 57.9 Å². The third kappa shape index (κ3) is 5.99. The van der Waals surface area contributed by atoms with Crippen LogP contribution in [0.1, 0.15) is 65.1 Å². The van der Waals surface area contributed by atoms with Crippen molar-refractivity contribution in [3.05, 3.63) is 88.2 Å². The van der Waals surface area contributed by atoms with Gasteiger partial charge in [0, 0.05) is 24.3 Å². The maximum Gasteiger partial charge on any atom is 0.397 e. The van der Waals surface area contributed by atoms with E-state index < -0.39 is 17.4 Å². The van der Waals surface area contributed by atoms with Crippen LogP contribution in [0.25, 0.3) is 11.9 Å². The van der Waals surface area contributed by atoms with E-state index in [0.29, 0.717) is 49.3 Å². The zero-order valence-electron chi connectivity index (χ0n) is 21.6. The van der Waals surface area contributed by atoms with Crippen molar-refractivity contribution in [3.8, 4) is 0 Å². The second kappa shape index (κ2) is 10.7. The zero-order chi connectivity index (χ0) is 27.7. The summed E-state index contributed by atoms with van der Waals surface area (Å²) in [6.07, 6.45) is -2.39. The average Bonchev–Trinajstić information content (AvgIpc) is 3.24. The number of aryl methyl sites for hydroxylation is 1. The first-order valence-electron chi connectivity index (χ1n) is 12.5. The van der Waals surface area contributed by atoms with Crippen LogP contribution in [-0.4, -0.2) is 51.1 Å². The van der Waals surface area contributed by atoms with Gasteiger partial charge in [0.25, 0.3) is 5.91 Å². The molecule has 0 atom stereocenters. The highest BCUT2D eigenvalue weighted by atomic mass is 19.4. The Kier molecular flexibility index (Phi) is 7.78. The van der Waals surface area contributed by atoms with Gasteiger partial charge in [-0.25, -0.2) is 4.39 Å². The Morgan fingerprint density at radius 2 is 1.74 bits per heavy atom. The van der Waals surface area contributed by atoms with Crippen LogP contribution in [-0.2, 0) is 12.0 Å². The summed E-state index contributed by atoms with van der Waals surface area (Å²) >= 11 is 0. The lowest BCUT2D eigenvalue weighted by atomic mass is 9.83. The van der Waals surface area contributed by atoms with Gasteiger partial charge >= 0.3 is 6.18 Å². The number of piperidine rings is 1. The zero-order valence-corrected chi connectivity index (χ0v) is 21.6. The minimum atomic E-state index is -4.40. The van der Waals surface area contributed by atoms with Crippen molar-refractivity contribution in [1.82, 2.24) is 14.7 Å². The molecule has 5 nitrogen and oxygen atoms in total. The molecule has 38 heavy (non-hydrogen) atoms. The number of alkyl halides is 3. The maximum absolute atomic E-state index is 15.0. The second-order valence-corrected chi connectivity index (χ2v) is 10.3. The van der Waals surface area contributed by atoms with Crippen molar-refractivity contribution in [3.63, 3.8) is 0 Å². The molecule has 0 bridgehead atoms. The summed E-state index contributed by atoms with van der Waals surface area (Å²) in [6, 6.07) is 14.4. The fraction of sp³-hybridized carbons (Fsp3) is 0.379. The van der Waals surface area contributed by atoms with Crippen LogP contribution < -0.4 is 0 Å². The SMILES string of the molecule is Cc1cc(/C(F)=C/c2ccc(C(C)(C)C(F)(F)F)cc2)nn1Cc1cccc(C(=O)N2CCC(O)CC2)c1.